The van der Waals surface area contributed by atoms with Crippen LogP contribution in [0.5, 0.6) is 11.5 Å². The molecule has 0 spiro atoms. The van der Waals surface area contributed by atoms with Gasteiger partial charge in [0, 0.05) is 27.5 Å². The number of hydrogen-bond donors (Lipinski definition) is 1. The van der Waals surface area contributed by atoms with E-state index in [1.807, 2.05) is 6.07 Å². The van der Waals surface area contributed by atoms with Crippen LogP contribution in [0.2, 0.25) is 0 Å². The highest BCUT2D eigenvalue weighted by molar-refractivity contribution is 9.10. The molecule has 6 heteroatoms. The molecule has 1 aromatic heterocycles. The van der Waals surface area contributed by atoms with E-state index < -0.39 is 0 Å². The summed E-state index contributed by atoms with van der Waals surface area (Å²) in [4.78, 5) is 6.14. The third-order valence-corrected chi connectivity index (χ3v) is 5.29. The van der Waals surface area contributed by atoms with E-state index in [1.54, 1.807) is 14.2 Å². The van der Waals surface area contributed by atoms with Crippen molar-refractivity contribution >= 4 is 28.3 Å². The van der Waals surface area contributed by atoms with Crippen LogP contribution in [0.1, 0.15) is 37.9 Å². The first kappa shape index (κ1) is 20.1. The van der Waals surface area contributed by atoms with Crippen molar-refractivity contribution in [1.82, 2.24) is 9.88 Å². The van der Waals surface area contributed by atoms with Gasteiger partial charge in [-0.1, -0.05) is 22.4 Å². The van der Waals surface area contributed by atoms with Crippen molar-refractivity contribution in [3.05, 3.63) is 34.4 Å². The fourth-order valence-corrected chi connectivity index (χ4v) is 3.88. The number of ether oxygens (including phenoxy) is 2. The number of aromatic nitrogens is 1. The Balaban J connectivity index is 0.00000225. The normalized spacial score (nSPS) is 16.2. The van der Waals surface area contributed by atoms with Gasteiger partial charge in [0.2, 0.25) is 0 Å². The molecular weight excluding hydrogens is 404 g/mol. The van der Waals surface area contributed by atoms with Gasteiger partial charge in [-0.15, -0.1) is 12.4 Å². The molecule has 0 bridgehead atoms. The third-order valence-electron chi connectivity index (χ3n) is 4.83. The molecule has 1 saturated heterocycles. The van der Waals surface area contributed by atoms with Gasteiger partial charge >= 0.3 is 0 Å². The smallest absolute Gasteiger partial charge is 0.170 e. The molecule has 3 rings (SSSR count). The van der Waals surface area contributed by atoms with E-state index in [1.165, 1.54) is 38.0 Å². The molecule has 1 unspecified atom stereocenters. The maximum Gasteiger partial charge on any atom is 0.170 e. The number of H-pyrrole nitrogens is 1. The third kappa shape index (κ3) is 4.33. The van der Waals surface area contributed by atoms with E-state index in [9.17, 15) is 0 Å². The minimum absolute atomic E-state index is 0. The summed E-state index contributed by atoms with van der Waals surface area (Å²) in [5.74, 6) is 1.47. The van der Waals surface area contributed by atoms with Crippen LogP contribution in [-0.4, -0.2) is 37.2 Å². The van der Waals surface area contributed by atoms with E-state index in [-0.39, 0.29) is 12.4 Å². The molecule has 2 heterocycles. The molecule has 1 aromatic carbocycles. The Hall–Kier alpha value is -1.17. The Bertz CT molecular complexity index is 699. The lowest BCUT2D eigenvalue weighted by Gasteiger charge is -2.31. The molecule has 1 aliphatic rings. The lowest BCUT2D eigenvalue weighted by molar-refractivity contribution is 0.172. The van der Waals surface area contributed by atoms with Gasteiger partial charge in [0.05, 0.1) is 14.2 Å². The van der Waals surface area contributed by atoms with E-state index in [2.05, 4.69) is 50.9 Å². The number of nitrogens with one attached hydrogen (secondary N) is 1. The molecule has 25 heavy (non-hydrogen) atoms. The molecule has 1 aliphatic heterocycles. The van der Waals surface area contributed by atoms with Gasteiger partial charge in [-0.2, -0.15) is 0 Å². The highest BCUT2D eigenvalue weighted by atomic mass is 79.9. The molecule has 0 amide bonds. The fraction of sp³-hybridized carbons (Fsp3) is 0.474. The molecule has 138 valence electrons. The summed E-state index contributed by atoms with van der Waals surface area (Å²) < 4.78 is 12.0. The lowest BCUT2D eigenvalue weighted by Crippen LogP contribution is -2.32. The molecule has 1 N–H and O–H groups in total. The fourth-order valence-electron chi connectivity index (χ4n) is 3.45. The van der Waals surface area contributed by atoms with Crippen molar-refractivity contribution in [1.29, 1.82) is 0 Å². The second-order valence-corrected chi connectivity index (χ2v) is 7.20. The number of benzene rings is 1. The molecular formula is C19H26BrClN2O2. The molecule has 2 aromatic rings. The van der Waals surface area contributed by atoms with Crippen molar-refractivity contribution in [2.75, 3.05) is 27.3 Å². The van der Waals surface area contributed by atoms with E-state index >= 15 is 0 Å². The average Bonchev–Trinajstić information content (AvgIpc) is 3.11. The highest BCUT2D eigenvalue weighted by Gasteiger charge is 2.21. The first-order valence-corrected chi connectivity index (χ1v) is 9.28. The first-order chi connectivity index (χ1) is 11.6. The Morgan fingerprint density at radius 2 is 1.80 bits per heavy atom. The summed E-state index contributed by atoms with van der Waals surface area (Å²) in [7, 11) is 3.34. The number of methoxy groups -OCH3 is 2. The number of nitrogens with zero attached hydrogens (tertiary/aromatic N) is 1. The summed E-state index contributed by atoms with van der Waals surface area (Å²) >= 11 is 3.56. The van der Waals surface area contributed by atoms with Gasteiger partial charge in [-0.3, -0.25) is 4.90 Å². The van der Waals surface area contributed by atoms with Crippen LogP contribution in [0.3, 0.4) is 0 Å². The van der Waals surface area contributed by atoms with Crippen molar-refractivity contribution in [2.24, 2.45) is 0 Å². The molecule has 0 radical (unpaired) electrons. The topological polar surface area (TPSA) is 37.5 Å². The van der Waals surface area contributed by atoms with Crippen LogP contribution < -0.4 is 9.47 Å². The minimum atomic E-state index is 0. The van der Waals surface area contributed by atoms with Crippen molar-refractivity contribution in [2.45, 2.75) is 32.2 Å². The summed E-state index contributed by atoms with van der Waals surface area (Å²) in [6.45, 7) is 4.65. The van der Waals surface area contributed by atoms with Crippen molar-refractivity contribution < 1.29 is 9.47 Å². The van der Waals surface area contributed by atoms with E-state index in [0.717, 1.165) is 27.2 Å². The standard InChI is InChI=1S/C19H25BrN2O2.ClH/c1-13(22-9-5-4-6-10-22)16-7-8-17(21-16)15-11-14(20)12-18(23-2)19(15)24-3;/h7-8,11-13,21H,4-6,9-10H2,1-3H3;1H. The Morgan fingerprint density at radius 1 is 1.08 bits per heavy atom. The zero-order valence-corrected chi connectivity index (χ0v) is 17.4. The van der Waals surface area contributed by atoms with Gasteiger partial charge in [-0.25, -0.2) is 0 Å². The van der Waals surface area contributed by atoms with Gasteiger partial charge < -0.3 is 14.5 Å². The number of hydrogen-bond acceptors (Lipinski definition) is 3. The van der Waals surface area contributed by atoms with Crippen LogP contribution in [0, 0.1) is 0 Å². The SMILES string of the molecule is COc1cc(Br)cc(-c2ccc(C(C)N3CCCCC3)[nH]2)c1OC.Cl. The summed E-state index contributed by atoms with van der Waals surface area (Å²) in [5.41, 5.74) is 3.29. The van der Waals surface area contributed by atoms with Crippen molar-refractivity contribution in [3.63, 3.8) is 0 Å². The van der Waals surface area contributed by atoms with Crippen LogP contribution >= 0.6 is 28.3 Å². The monoisotopic (exact) mass is 428 g/mol. The predicted octanol–water partition coefficient (Wildman–Crippen LogP) is 5.43. The van der Waals surface area contributed by atoms with Gasteiger partial charge in [-0.05, 0) is 57.1 Å². The zero-order valence-electron chi connectivity index (χ0n) is 15.0. The van der Waals surface area contributed by atoms with Gasteiger partial charge in [0.25, 0.3) is 0 Å². The minimum Gasteiger partial charge on any atom is -0.493 e. The Labute approximate surface area is 164 Å². The second kappa shape index (κ2) is 8.97. The number of rotatable bonds is 5. The summed E-state index contributed by atoms with van der Waals surface area (Å²) in [6, 6.07) is 8.69. The maximum atomic E-state index is 5.59. The molecule has 4 nitrogen and oxygen atoms in total. The summed E-state index contributed by atoms with van der Waals surface area (Å²) in [6.07, 6.45) is 3.96. The van der Waals surface area contributed by atoms with E-state index in [0.29, 0.717) is 6.04 Å². The zero-order chi connectivity index (χ0) is 17.1. The summed E-state index contributed by atoms with van der Waals surface area (Å²) in [5, 5.41) is 0. The van der Waals surface area contributed by atoms with Crippen LogP contribution in [0.15, 0.2) is 28.7 Å². The van der Waals surface area contributed by atoms with Gasteiger partial charge in [0.15, 0.2) is 11.5 Å². The number of piperidine rings is 1. The van der Waals surface area contributed by atoms with Gasteiger partial charge in [0.1, 0.15) is 0 Å². The van der Waals surface area contributed by atoms with Crippen LogP contribution in [0.4, 0.5) is 0 Å². The van der Waals surface area contributed by atoms with E-state index in [4.69, 9.17) is 9.47 Å². The molecule has 1 atom stereocenters. The van der Waals surface area contributed by atoms with Crippen LogP contribution in [-0.2, 0) is 0 Å². The maximum absolute atomic E-state index is 5.59. The number of aromatic amines is 1. The largest absolute Gasteiger partial charge is 0.493 e. The van der Waals surface area contributed by atoms with Crippen LogP contribution in [0.25, 0.3) is 11.3 Å². The average molecular weight is 430 g/mol. The Kier molecular flexibility index (Phi) is 7.23. The lowest BCUT2D eigenvalue weighted by atomic mass is 10.1. The molecule has 0 saturated carbocycles. The number of halogens is 2. The van der Waals surface area contributed by atoms with Crippen molar-refractivity contribution in [3.8, 4) is 22.8 Å². The Morgan fingerprint density at radius 3 is 2.44 bits per heavy atom. The second-order valence-electron chi connectivity index (χ2n) is 6.29. The highest BCUT2D eigenvalue weighted by Crippen LogP contribution is 2.40. The quantitative estimate of drug-likeness (QED) is 0.688. The molecule has 0 aliphatic carbocycles. The molecule has 1 fully saturated rings. The predicted molar refractivity (Wildman–Crippen MR) is 108 cm³/mol. The first-order valence-electron chi connectivity index (χ1n) is 8.49. The number of likely N-dealkylation sites (tertiary alicyclic amines) is 1.